The van der Waals surface area contributed by atoms with Crippen molar-refractivity contribution >= 4 is 35.5 Å². The summed E-state index contributed by atoms with van der Waals surface area (Å²) in [5.41, 5.74) is 5.96. The Labute approximate surface area is 205 Å². The molecule has 0 saturated carbocycles. The molecule has 5 amide bonds. The van der Waals surface area contributed by atoms with Crippen molar-refractivity contribution < 1.29 is 38.3 Å². The summed E-state index contributed by atoms with van der Waals surface area (Å²) in [5, 5.41) is 17.8. The molecule has 0 aromatic heterocycles. The number of rotatable bonds is 12. The number of carboxylic acids is 1. The minimum Gasteiger partial charge on any atom is -0.480 e. The van der Waals surface area contributed by atoms with E-state index in [9.17, 15) is 33.2 Å². The van der Waals surface area contributed by atoms with Crippen LogP contribution in [0.5, 0.6) is 0 Å². The van der Waals surface area contributed by atoms with Crippen LogP contribution in [0.3, 0.4) is 0 Å². The maximum Gasteiger partial charge on any atom is 0.322 e. The van der Waals surface area contributed by atoms with Crippen LogP contribution >= 0.6 is 0 Å². The van der Waals surface area contributed by atoms with Crippen molar-refractivity contribution in [1.29, 1.82) is 0 Å². The predicted molar refractivity (Wildman–Crippen MR) is 122 cm³/mol. The molecule has 13 nitrogen and oxygen atoms in total. The Morgan fingerprint density at radius 2 is 1.58 bits per heavy atom. The molecule has 196 valence electrons. The molecule has 7 N–H and O–H groups in total. The number of amides is 5. The third-order valence-electron chi connectivity index (χ3n) is 5.32. The van der Waals surface area contributed by atoms with Crippen molar-refractivity contribution in [3.63, 3.8) is 0 Å². The van der Waals surface area contributed by atoms with Crippen LogP contribution in [0.1, 0.15) is 18.4 Å². The zero-order valence-electron chi connectivity index (χ0n) is 19.4. The lowest BCUT2D eigenvalue weighted by atomic mass is 10.0. The average Bonchev–Trinajstić information content (AvgIpc) is 3.35. The number of hydrogen-bond donors (Lipinski definition) is 6. The van der Waals surface area contributed by atoms with Gasteiger partial charge in [-0.2, -0.15) is 0 Å². The lowest BCUT2D eigenvalue weighted by molar-refractivity contribution is -0.141. The molecule has 36 heavy (non-hydrogen) atoms. The Kier molecular flexibility index (Phi) is 10.7. The normalized spacial score (nSPS) is 15.5. The van der Waals surface area contributed by atoms with E-state index in [0.29, 0.717) is 18.4 Å². The first kappa shape index (κ1) is 28.2. The first-order valence-corrected chi connectivity index (χ1v) is 11.2. The van der Waals surface area contributed by atoms with Gasteiger partial charge in [0.05, 0.1) is 19.6 Å². The third-order valence-corrected chi connectivity index (χ3v) is 5.32. The summed E-state index contributed by atoms with van der Waals surface area (Å²) in [4.78, 5) is 73.0. The van der Waals surface area contributed by atoms with Crippen molar-refractivity contribution in [2.45, 2.75) is 31.3 Å². The van der Waals surface area contributed by atoms with Crippen molar-refractivity contribution in [2.24, 2.45) is 5.73 Å². The van der Waals surface area contributed by atoms with Gasteiger partial charge in [0.2, 0.25) is 29.5 Å². The average molecular weight is 509 g/mol. The number of benzene rings is 1. The van der Waals surface area contributed by atoms with Crippen LogP contribution in [-0.2, 0) is 35.2 Å². The fourth-order valence-corrected chi connectivity index (χ4v) is 3.58. The van der Waals surface area contributed by atoms with Gasteiger partial charge >= 0.3 is 5.97 Å². The van der Waals surface area contributed by atoms with E-state index in [1.165, 1.54) is 29.2 Å². The molecular formula is C22H29FN6O7. The Bertz CT molecular complexity index is 988. The standard InChI is InChI=1S/C22H29FN6O7/c23-14-5-3-13(4-6-14)8-15(28-17(30)9-24)22(36)29-7-1-2-16(29)21(35)27-11-19(32)25-10-18(31)26-12-20(33)34/h3-6,15-16H,1-2,7-12,24H2,(H,25,32)(H,26,31)(H,27,35)(H,28,30)(H,33,34)/t15-,16-/m0/s1. The molecule has 2 atom stereocenters. The topological polar surface area (TPSA) is 200 Å². The molecule has 0 radical (unpaired) electrons. The van der Waals surface area contributed by atoms with Crippen LogP contribution in [0, 0.1) is 5.82 Å². The largest absolute Gasteiger partial charge is 0.480 e. The maximum absolute atomic E-state index is 13.3. The molecule has 1 aromatic carbocycles. The zero-order valence-corrected chi connectivity index (χ0v) is 19.4. The van der Waals surface area contributed by atoms with E-state index in [2.05, 4.69) is 21.3 Å². The number of nitrogens with two attached hydrogens (primary N) is 1. The summed E-state index contributed by atoms with van der Waals surface area (Å²) >= 11 is 0. The molecule has 1 aromatic rings. The molecule has 1 saturated heterocycles. The van der Waals surface area contributed by atoms with Gasteiger partial charge in [-0.25, -0.2) is 4.39 Å². The van der Waals surface area contributed by atoms with Gasteiger partial charge in [-0.1, -0.05) is 12.1 Å². The van der Waals surface area contributed by atoms with Crippen LogP contribution in [0.4, 0.5) is 4.39 Å². The molecule has 1 aliphatic rings. The Hall–Kier alpha value is -4.07. The van der Waals surface area contributed by atoms with E-state index >= 15 is 0 Å². The summed E-state index contributed by atoms with van der Waals surface area (Å²) in [6.07, 6.45) is 0.917. The lowest BCUT2D eigenvalue weighted by Crippen LogP contribution is -2.55. The van der Waals surface area contributed by atoms with E-state index in [1.54, 1.807) is 0 Å². The van der Waals surface area contributed by atoms with Gasteiger partial charge in [-0.05, 0) is 30.5 Å². The fraction of sp³-hybridized carbons (Fsp3) is 0.455. The molecule has 1 fully saturated rings. The fourth-order valence-electron chi connectivity index (χ4n) is 3.58. The Balaban J connectivity index is 1.95. The quantitative estimate of drug-likeness (QED) is 0.174. The summed E-state index contributed by atoms with van der Waals surface area (Å²) in [6, 6.07) is 3.52. The van der Waals surface area contributed by atoms with Crippen molar-refractivity contribution in [3.8, 4) is 0 Å². The van der Waals surface area contributed by atoms with E-state index in [4.69, 9.17) is 10.8 Å². The molecule has 0 unspecified atom stereocenters. The lowest BCUT2D eigenvalue weighted by Gasteiger charge is -2.28. The number of carbonyl (C=O) groups is 6. The van der Waals surface area contributed by atoms with Crippen molar-refractivity contribution in [2.75, 3.05) is 32.7 Å². The minimum absolute atomic E-state index is 0.0576. The van der Waals surface area contributed by atoms with Crippen LogP contribution in [0.25, 0.3) is 0 Å². The van der Waals surface area contributed by atoms with Crippen molar-refractivity contribution in [3.05, 3.63) is 35.6 Å². The molecule has 1 aliphatic heterocycles. The van der Waals surface area contributed by atoms with Gasteiger partial charge in [-0.15, -0.1) is 0 Å². The Morgan fingerprint density at radius 1 is 0.972 bits per heavy atom. The summed E-state index contributed by atoms with van der Waals surface area (Å²) < 4.78 is 13.2. The molecular weight excluding hydrogens is 479 g/mol. The van der Waals surface area contributed by atoms with E-state index in [0.717, 1.165) is 0 Å². The van der Waals surface area contributed by atoms with Crippen LogP contribution in [0.15, 0.2) is 24.3 Å². The number of nitrogens with zero attached hydrogens (tertiary/aromatic N) is 1. The van der Waals surface area contributed by atoms with Gasteiger partial charge in [-0.3, -0.25) is 28.8 Å². The number of aliphatic carboxylic acids is 1. The van der Waals surface area contributed by atoms with Crippen LogP contribution in [-0.4, -0.2) is 90.3 Å². The summed E-state index contributed by atoms with van der Waals surface area (Å²) in [6.45, 7) is -1.62. The molecule has 2 rings (SSSR count). The van der Waals surface area contributed by atoms with E-state index in [-0.39, 0.29) is 19.5 Å². The monoisotopic (exact) mass is 508 g/mol. The van der Waals surface area contributed by atoms with Gasteiger partial charge in [0.25, 0.3) is 0 Å². The summed E-state index contributed by atoms with van der Waals surface area (Å²) in [7, 11) is 0. The smallest absolute Gasteiger partial charge is 0.322 e. The number of carboxylic acid groups (broad SMARTS) is 1. The maximum atomic E-state index is 13.3. The zero-order chi connectivity index (χ0) is 26.7. The second-order valence-corrected chi connectivity index (χ2v) is 8.01. The second kappa shape index (κ2) is 13.7. The van der Waals surface area contributed by atoms with Gasteiger partial charge in [0.15, 0.2) is 0 Å². The molecule has 0 aliphatic carbocycles. The number of nitrogens with one attached hydrogen (secondary N) is 4. The molecule has 0 bridgehead atoms. The SMILES string of the molecule is NCC(=O)N[C@@H](Cc1ccc(F)cc1)C(=O)N1CCC[C@H]1C(=O)NCC(=O)NCC(=O)NCC(=O)O. The highest BCUT2D eigenvalue weighted by atomic mass is 19.1. The van der Waals surface area contributed by atoms with E-state index < -0.39 is 73.0 Å². The number of hydrogen-bond acceptors (Lipinski definition) is 7. The van der Waals surface area contributed by atoms with Gasteiger partial charge in [0, 0.05) is 13.0 Å². The first-order valence-electron chi connectivity index (χ1n) is 11.2. The second-order valence-electron chi connectivity index (χ2n) is 8.01. The van der Waals surface area contributed by atoms with Crippen molar-refractivity contribution in [1.82, 2.24) is 26.2 Å². The molecule has 14 heteroatoms. The highest BCUT2D eigenvalue weighted by molar-refractivity contribution is 5.94. The number of likely N-dealkylation sites (tertiary alicyclic amines) is 1. The third kappa shape index (κ3) is 8.94. The van der Waals surface area contributed by atoms with Gasteiger partial charge in [0.1, 0.15) is 24.4 Å². The first-order chi connectivity index (χ1) is 17.1. The predicted octanol–water partition coefficient (Wildman–Crippen LogP) is -2.76. The van der Waals surface area contributed by atoms with E-state index in [1.807, 2.05) is 0 Å². The number of halogens is 1. The number of carbonyl (C=O) groups excluding carboxylic acids is 5. The van der Waals surface area contributed by atoms with Crippen LogP contribution in [0.2, 0.25) is 0 Å². The highest BCUT2D eigenvalue weighted by Crippen LogP contribution is 2.20. The molecule has 0 spiro atoms. The van der Waals surface area contributed by atoms with Crippen LogP contribution < -0.4 is 27.0 Å². The highest BCUT2D eigenvalue weighted by Gasteiger charge is 2.37. The van der Waals surface area contributed by atoms with Gasteiger partial charge < -0.3 is 37.0 Å². The molecule has 1 heterocycles. The minimum atomic E-state index is -1.24. The summed E-state index contributed by atoms with van der Waals surface area (Å²) in [5.74, 6) is -4.76. The Morgan fingerprint density at radius 3 is 2.19 bits per heavy atom.